The van der Waals surface area contributed by atoms with Gasteiger partial charge >= 0.3 is 7.82 Å². The normalized spacial score (nSPS) is 10.6. The molecule has 17 heavy (non-hydrogen) atoms. The van der Waals surface area contributed by atoms with Crippen molar-refractivity contribution in [1.29, 1.82) is 0 Å². The molecule has 0 fully saturated rings. The van der Waals surface area contributed by atoms with Crippen LogP contribution in [0.15, 0.2) is 46.7 Å². The van der Waals surface area contributed by atoms with Crippen molar-refractivity contribution in [2.75, 3.05) is 0 Å². The van der Waals surface area contributed by atoms with Gasteiger partial charge in [-0.3, -0.25) is 0 Å². The van der Waals surface area contributed by atoms with Crippen LogP contribution in [-0.4, -0.2) is 14.7 Å². The second-order valence-electron chi connectivity index (χ2n) is 3.04. The summed E-state index contributed by atoms with van der Waals surface area (Å²) < 4.78 is 8.88. The van der Waals surface area contributed by atoms with Gasteiger partial charge in [-0.15, -0.1) is 24.0 Å². The minimum Gasteiger partial charge on any atom is -0.303 e. The third-order valence-electron chi connectivity index (χ3n) is 1.67. The first-order valence-corrected chi connectivity index (χ1v) is 7.36. The Balaban J connectivity index is 0.000000249. The van der Waals surface area contributed by atoms with Crippen molar-refractivity contribution in [2.45, 2.75) is 4.90 Å². The summed E-state index contributed by atoms with van der Waals surface area (Å²) in [6.07, 6.45) is 0. The Bertz CT molecular complexity index is 481. The Labute approximate surface area is 108 Å². The maximum Gasteiger partial charge on any atom is 0.466 e. The summed E-state index contributed by atoms with van der Waals surface area (Å²) in [7, 11) is -4.64. The average Bonchev–Trinajstić information content (AvgIpc) is 2.69. The molecule has 0 aliphatic heterocycles. The van der Waals surface area contributed by atoms with Crippen LogP contribution in [0.4, 0.5) is 0 Å². The van der Waals surface area contributed by atoms with Crippen LogP contribution in [0, 0.1) is 0 Å². The third-order valence-corrected chi connectivity index (χ3v) is 2.89. The molecule has 3 N–H and O–H groups in total. The molecule has 2 aromatic rings. The highest BCUT2D eigenvalue weighted by Gasteiger charge is 2.00. The molecule has 0 unspecified atom stereocenters. The van der Waals surface area contributed by atoms with Gasteiger partial charge in [-0.1, -0.05) is 18.2 Å². The highest BCUT2D eigenvalue weighted by molar-refractivity contribution is 7.80. The quantitative estimate of drug-likeness (QED) is 0.481. The summed E-state index contributed by atoms with van der Waals surface area (Å²) in [6, 6.07) is 12.4. The summed E-state index contributed by atoms with van der Waals surface area (Å²) in [5.41, 5.74) is 1.27. The molecule has 0 bridgehead atoms. The number of hydrogen-bond acceptors (Lipinski definition) is 3. The van der Waals surface area contributed by atoms with E-state index in [0.717, 1.165) is 4.90 Å². The van der Waals surface area contributed by atoms with Gasteiger partial charge in [0.25, 0.3) is 0 Å². The standard InChI is InChI=1S/C10H8S2.H3O4P/c11-9-5-3-8(4-6-9)10-2-1-7-12-10;1-5(2,3)4/h1-7,11H;(H3,1,2,3,4). The van der Waals surface area contributed by atoms with E-state index in [2.05, 4.69) is 42.3 Å². The summed E-state index contributed by atoms with van der Waals surface area (Å²) >= 11 is 5.99. The number of thiol groups is 1. The first-order valence-electron chi connectivity index (χ1n) is 4.47. The molecular formula is C10H11O4PS2. The van der Waals surface area contributed by atoms with Crippen molar-refractivity contribution >= 4 is 31.8 Å². The lowest BCUT2D eigenvalue weighted by Crippen LogP contribution is -1.70. The molecule has 0 spiro atoms. The van der Waals surface area contributed by atoms with Crippen LogP contribution in [0.5, 0.6) is 0 Å². The van der Waals surface area contributed by atoms with Crippen LogP contribution in [0.25, 0.3) is 10.4 Å². The molecule has 0 aliphatic carbocycles. The number of rotatable bonds is 1. The molecule has 2 rings (SSSR count). The molecule has 1 aromatic heterocycles. The summed E-state index contributed by atoms with van der Waals surface area (Å²) in [6.45, 7) is 0. The summed E-state index contributed by atoms with van der Waals surface area (Å²) in [5.74, 6) is 0. The molecule has 1 aromatic carbocycles. The van der Waals surface area contributed by atoms with Gasteiger partial charge in [0, 0.05) is 9.77 Å². The van der Waals surface area contributed by atoms with Crippen LogP contribution in [0.3, 0.4) is 0 Å². The topological polar surface area (TPSA) is 77.8 Å². The largest absolute Gasteiger partial charge is 0.466 e. The minimum absolute atomic E-state index is 1.01. The molecule has 92 valence electrons. The fraction of sp³-hybridized carbons (Fsp3) is 0. The summed E-state index contributed by atoms with van der Waals surface area (Å²) in [4.78, 5) is 23.9. The molecule has 0 saturated carbocycles. The maximum absolute atomic E-state index is 8.88. The predicted molar refractivity (Wildman–Crippen MR) is 71.3 cm³/mol. The number of hydrogen-bond donors (Lipinski definition) is 4. The molecule has 0 atom stereocenters. The smallest absolute Gasteiger partial charge is 0.303 e. The van der Waals surface area contributed by atoms with E-state index in [1.165, 1.54) is 10.4 Å². The van der Waals surface area contributed by atoms with Gasteiger partial charge in [-0.05, 0) is 29.1 Å². The van der Waals surface area contributed by atoms with E-state index in [-0.39, 0.29) is 0 Å². The van der Waals surface area contributed by atoms with Gasteiger partial charge in [0.15, 0.2) is 0 Å². The lowest BCUT2D eigenvalue weighted by atomic mass is 10.2. The molecule has 0 amide bonds. The third kappa shape index (κ3) is 6.63. The van der Waals surface area contributed by atoms with Crippen molar-refractivity contribution in [3.63, 3.8) is 0 Å². The lowest BCUT2D eigenvalue weighted by Gasteiger charge is -1.96. The van der Waals surface area contributed by atoms with Crippen LogP contribution < -0.4 is 0 Å². The lowest BCUT2D eigenvalue weighted by molar-refractivity contribution is 0.275. The average molecular weight is 290 g/mol. The summed E-state index contributed by atoms with van der Waals surface area (Å²) in [5, 5.41) is 2.09. The molecule has 0 aliphatic rings. The van der Waals surface area contributed by atoms with Gasteiger partial charge in [0.1, 0.15) is 0 Å². The minimum atomic E-state index is -4.64. The highest BCUT2D eigenvalue weighted by atomic mass is 32.1. The van der Waals surface area contributed by atoms with E-state index in [1.807, 2.05) is 12.1 Å². The number of benzene rings is 1. The Kier molecular flexibility index (Phi) is 5.39. The zero-order valence-electron chi connectivity index (χ0n) is 8.59. The Hall–Kier alpha value is -0.620. The Morgan fingerprint density at radius 3 is 2.00 bits per heavy atom. The van der Waals surface area contributed by atoms with Crippen LogP contribution >= 0.6 is 31.8 Å². The van der Waals surface area contributed by atoms with E-state index in [4.69, 9.17) is 19.2 Å². The van der Waals surface area contributed by atoms with Crippen LogP contribution in [0.2, 0.25) is 0 Å². The van der Waals surface area contributed by atoms with E-state index in [1.54, 1.807) is 11.3 Å². The Morgan fingerprint density at radius 2 is 1.59 bits per heavy atom. The first-order chi connectivity index (χ1) is 7.86. The van der Waals surface area contributed by atoms with Gasteiger partial charge in [0.05, 0.1) is 0 Å². The number of thiophene rings is 1. The van der Waals surface area contributed by atoms with Crippen LogP contribution in [0.1, 0.15) is 0 Å². The fourth-order valence-electron chi connectivity index (χ4n) is 1.07. The number of phosphoric acid groups is 1. The van der Waals surface area contributed by atoms with Crippen molar-refractivity contribution < 1.29 is 19.2 Å². The molecule has 4 nitrogen and oxygen atoms in total. The zero-order chi connectivity index (χ0) is 12.9. The monoisotopic (exact) mass is 290 g/mol. The van der Waals surface area contributed by atoms with Gasteiger partial charge in [-0.25, -0.2) is 4.57 Å². The first kappa shape index (κ1) is 14.4. The van der Waals surface area contributed by atoms with Gasteiger partial charge in [0.2, 0.25) is 0 Å². The van der Waals surface area contributed by atoms with Crippen molar-refractivity contribution in [2.24, 2.45) is 0 Å². The molecular weight excluding hydrogens is 279 g/mol. The molecule has 7 heteroatoms. The van der Waals surface area contributed by atoms with Crippen molar-refractivity contribution in [1.82, 2.24) is 0 Å². The van der Waals surface area contributed by atoms with Crippen molar-refractivity contribution in [3.05, 3.63) is 41.8 Å². The fourth-order valence-corrected chi connectivity index (χ4v) is 1.95. The Morgan fingerprint density at radius 1 is 1.06 bits per heavy atom. The zero-order valence-corrected chi connectivity index (χ0v) is 11.2. The van der Waals surface area contributed by atoms with Crippen molar-refractivity contribution in [3.8, 4) is 10.4 Å². The van der Waals surface area contributed by atoms with E-state index in [0.29, 0.717) is 0 Å². The van der Waals surface area contributed by atoms with E-state index >= 15 is 0 Å². The van der Waals surface area contributed by atoms with Gasteiger partial charge < -0.3 is 14.7 Å². The highest BCUT2D eigenvalue weighted by Crippen LogP contribution is 2.26. The SMILES string of the molecule is O=P(O)(O)O.Sc1ccc(-c2cccs2)cc1. The van der Waals surface area contributed by atoms with Crippen LogP contribution in [-0.2, 0) is 4.57 Å². The predicted octanol–water partition coefficient (Wildman–Crippen LogP) is 2.78. The van der Waals surface area contributed by atoms with E-state index in [9.17, 15) is 0 Å². The second-order valence-corrected chi connectivity index (χ2v) is 5.53. The maximum atomic E-state index is 8.88. The molecule has 0 saturated heterocycles. The van der Waals surface area contributed by atoms with E-state index < -0.39 is 7.82 Å². The molecule has 0 radical (unpaired) electrons. The second kappa shape index (κ2) is 6.35. The van der Waals surface area contributed by atoms with Gasteiger partial charge in [-0.2, -0.15) is 0 Å². The molecule has 1 heterocycles.